The highest BCUT2D eigenvalue weighted by Crippen LogP contribution is 2.30. The summed E-state index contributed by atoms with van der Waals surface area (Å²) in [7, 11) is 3.50. The van der Waals surface area contributed by atoms with Crippen LogP contribution in [0.2, 0.25) is 0 Å². The normalized spacial score (nSPS) is 14.1. The molecule has 0 spiro atoms. The standard InChI is InChI=1S/C18H19N5O3S/c1-20-10-21(2)15(24)12-14(20)19-18-22(9-11-7-5-4-6-8-11)16(25)13(27-3)17(26)23(12)18/h4-8,25H,9-10H2,1-3H3. The Bertz CT molecular complexity index is 1110. The molecule has 0 saturated heterocycles. The molecule has 9 heteroatoms. The summed E-state index contributed by atoms with van der Waals surface area (Å²) in [5.41, 5.74) is 0.733. The van der Waals surface area contributed by atoms with Gasteiger partial charge in [0, 0.05) is 14.1 Å². The number of benzene rings is 1. The first-order chi connectivity index (χ1) is 12.9. The number of thioether (sulfide) groups is 1. The third kappa shape index (κ3) is 2.57. The zero-order valence-corrected chi connectivity index (χ0v) is 16.0. The molecule has 1 N–H and O–H groups in total. The number of anilines is 1. The van der Waals surface area contributed by atoms with E-state index in [1.54, 1.807) is 17.9 Å². The molecule has 4 rings (SSSR count). The van der Waals surface area contributed by atoms with E-state index in [9.17, 15) is 14.7 Å². The van der Waals surface area contributed by atoms with Gasteiger partial charge < -0.3 is 14.9 Å². The average Bonchev–Trinajstić information content (AvgIpc) is 3.06. The fourth-order valence-corrected chi connectivity index (χ4v) is 3.92. The van der Waals surface area contributed by atoms with E-state index in [0.717, 1.165) is 17.3 Å². The lowest BCUT2D eigenvalue weighted by Gasteiger charge is -2.30. The average molecular weight is 385 g/mol. The number of hydrogen-bond donors (Lipinski definition) is 1. The Kier molecular flexibility index (Phi) is 4.11. The van der Waals surface area contributed by atoms with Gasteiger partial charge in [-0.25, -0.2) is 4.40 Å². The van der Waals surface area contributed by atoms with Gasteiger partial charge in [0.1, 0.15) is 4.90 Å². The van der Waals surface area contributed by atoms with Crippen LogP contribution >= 0.6 is 11.8 Å². The molecule has 0 bridgehead atoms. The van der Waals surface area contributed by atoms with Crippen molar-refractivity contribution in [2.45, 2.75) is 11.4 Å². The number of aromatic nitrogens is 3. The van der Waals surface area contributed by atoms with Crippen molar-refractivity contribution in [1.82, 2.24) is 18.9 Å². The molecule has 0 aliphatic carbocycles. The first-order valence-corrected chi connectivity index (χ1v) is 9.59. The SMILES string of the molecule is CSc1c(O)n(Cc2ccccc2)c2nc3c(n2c1=O)C(=O)N(C)CN3C. The Morgan fingerprint density at radius 1 is 1.15 bits per heavy atom. The monoisotopic (exact) mass is 385 g/mol. The van der Waals surface area contributed by atoms with Crippen molar-refractivity contribution >= 4 is 29.3 Å². The number of aromatic hydroxyl groups is 1. The minimum atomic E-state index is -0.440. The van der Waals surface area contributed by atoms with Gasteiger partial charge >= 0.3 is 0 Å². The van der Waals surface area contributed by atoms with Crippen LogP contribution in [0.15, 0.2) is 40.0 Å². The fourth-order valence-electron chi connectivity index (χ4n) is 3.36. The largest absolute Gasteiger partial charge is 0.493 e. The predicted octanol–water partition coefficient (Wildman–Crippen LogP) is 1.45. The molecule has 0 unspecified atom stereocenters. The molecule has 0 radical (unpaired) electrons. The van der Waals surface area contributed by atoms with E-state index in [2.05, 4.69) is 4.98 Å². The number of imidazole rings is 1. The summed E-state index contributed by atoms with van der Waals surface area (Å²) in [5, 5.41) is 10.8. The lowest BCUT2D eigenvalue weighted by atomic mass is 10.2. The van der Waals surface area contributed by atoms with Gasteiger partial charge in [-0.1, -0.05) is 30.3 Å². The van der Waals surface area contributed by atoms with Gasteiger partial charge in [0.2, 0.25) is 11.7 Å². The van der Waals surface area contributed by atoms with Crippen LogP contribution in [0.4, 0.5) is 5.82 Å². The third-order valence-corrected chi connectivity index (χ3v) is 5.43. The number of carbonyl (C=O) groups is 1. The van der Waals surface area contributed by atoms with Gasteiger partial charge in [0.25, 0.3) is 11.5 Å². The molecule has 8 nitrogen and oxygen atoms in total. The van der Waals surface area contributed by atoms with Crippen LogP contribution in [0.25, 0.3) is 5.78 Å². The summed E-state index contributed by atoms with van der Waals surface area (Å²) in [5.74, 6) is 0.278. The summed E-state index contributed by atoms with van der Waals surface area (Å²) in [4.78, 5) is 33.9. The molecule has 27 heavy (non-hydrogen) atoms. The van der Waals surface area contributed by atoms with Gasteiger partial charge in [-0.15, -0.1) is 11.8 Å². The van der Waals surface area contributed by atoms with E-state index in [1.807, 2.05) is 42.3 Å². The smallest absolute Gasteiger partial charge is 0.277 e. The second-order valence-corrected chi connectivity index (χ2v) is 7.31. The Morgan fingerprint density at radius 3 is 2.52 bits per heavy atom. The van der Waals surface area contributed by atoms with Crippen LogP contribution in [-0.4, -0.2) is 56.9 Å². The number of carbonyl (C=O) groups excluding carboxylic acids is 1. The van der Waals surface area contributed by atoms with Crippen molar-refractivity contribution in [3.63, 3.8) is 0 Å². The minimum absolute atomic E-state index is 0.144. The maximum absolute atomic E-state index is 13.0. The molecule has 3 heterocycles. The topological polar surface area (TPSA) is 83.1 Å². The van der Waals surface area contributed by atoms with E-state index in [1.165, 1.54) is 9.30 Å². The quantitative estimate of drug-likeness (QED) is 0.687. The molecule has 0 fully saturated rings. The maximum Gasteiger partial charge on any atom is 0.277 e. The molecule has 3 aromatic rings. The Morgan fingerprint density at radius 2 is 1.85 bits per heavy atom. The van der Waals surface area contributed by atoms with Crippen LogP contribution < -0.4 is 10.5 Å². The third-order valence-electron chi connectivity index (χ3n) is 4.66. The minimum Gasteiger partial charge on any atom is -0.493 e. The van der Waals surface area contributed by atoms with E-state index in [0.29, 0.717) is 19.0 Å². The van der Waals surface area contributed by atoms with Gasteiger partial charge in [-0.05, 0) is 11.8 Å². The molecule has 1 amide bonds. The highest BCUT2D eigenvalue weighted by atomic mass is 32.2. The van der Waals surface area contributed by atoms with Crippen LogP contribution in [0.1, 0.15) is 16.1 Å². The lowest BCUT2D eigenvalue weighted by Crippen LogP contribution is -2.43. The molecular weight excluding hydrogens is 366 g/mol. The molecule has 0 atom stereocenters. The van der Waals surface area contributed by atoms with Gasteiger partial charge in [-0.3, -0.25) is 14.2 Å². The first kappa shape index (κ1) is 17.5. The highest BCUT2D eigenvalue weighted by Gasteiger charge is 2.33. The zero-order valence-electron chi connectivity index (χ0n) is 15.2. The van der Waals surface area contributed by atoms with Gasteiger partial charge in [-0.2, -0.15) is 4.98 Å². The van der Waals surface area contributed by atoms with Crippen molar-refractivity contribution in [2.75, 3.05) is 31.9 Å². The van der Waals surface area contributed by atoms with Crippen LogP contribution in [0.5, 0.6) is 5.88 Å². The zero-order chi connectivity index (χ0) is 19.3. The number of hydrogen-bond acceptors (Lipinski definition) is 6. The number of fused-ring (bicyclic) bond motifs is 3. The molecule has 2 aromatic heterocycles. The van der Waals surface area contributed by atoms with Crippen LogP contribution in [0.3, 0.4) is 0 Å². The van der Waals surface area contributed by atoms with E-state index >= 15 is 0 Å². The second-order valence-electron chi connectivity index (χ2n) is 6.50. The Labute approximate surface area is 159 Å². The van der Waals surface area contributed by atoms with Crippen LogP contribution in [0, 0.1) is 0 Å². The predicted molar refractivity (Wildman–Crippen MR) is 104 cm³/mol. The van der Waals surface area contributed by atoms with Crippen molar-refractivity contribution < 1.29 is 9.90 Å². The number of rotatable bonds is 3. The van der Waals surface area contributed by atoms with Crippen molar-refractivity contribution in [1.29, 1.82) is 0 Å². The first-order valence-electron chi connectivity index (χ1n) is 8.36. The van der Waals surface area contributed by atoms with Crippen molar-refractivity contribution in [3.8, 4) is 5.88 Å². The van der Waals surface area contributed by atoms with E-state index in [4.69, 9.17) is 0 Å². The van der Waals surface area contributed by atoms with Gasteiger partial charge in [0.05, 0.1) is 13.2 Å². The highest BCUT2D eigenvalue weighted by molar-refractivity contribution is 7.98. The molecule has 1 aliphatic rings. The summed E-state index contributed by atoms with van der Waals surface area (Å²) in [6.45, 7) is 0.706. The van der Waals surface area contributed by atoms with E-state index < -0.39 is 5.56 Å². The number of nitrogens with zero attached hydrogens (tertiary/aromatic N) is 5. The molecule has 0 saturated carbocycles. The molecule has 1 aliphatic heterocycles. The molecule has 140 valence electrons. The molecule has 1 aromatic carbocycles. The fraction of sp³-hybridized carbons (Fsp3) is 0.278. The lowest BCUT2D eigenvalue weighted by molar-refractivity contribution is 0.0776. The molecular formula is C18H19N5O3S. The van der Waals surface area contributed by atoms with Crippen molar-refractivity contribution in [3.05, 3.63) is 51.9 Å². The number of amides is 1. The summed E-state index contributed by atoms with van der Waals surface area (Å²) >= 11 is 1.15. The Balaban J connectivity index is 2.07. The summed E-state index contributed by atoms with van der Waals surface area (Å²) < 4.78 is 2.89. The van der Waals surface area contributed by atoms with E-state index in [-0.39, 0.29) is 28.2 Å². The van der Waals surface area contributed by atoms with Crippen molar-refractivity contribution in [2.24, 2.45) is 0 Å². The summed E-state index contributed by atoms with van der Waals surface area (Å²) in [6.07, 6.45) is 1.72. The Hall–Kier alpha value is -2.94. The second kappa shape index (κ2) is 6.34. The van der Waals surface area contributed by atoms with Gasteiger partial charge in [0.15, 0.2) is 11.5 Å². The summed E-state index contributed by atoms with van der Waals surface area (Å²) in [6, 6.07) is 9.59. The van der Waals surface area contributed by atoms with Crippen LogP contribution in [-0.2, 0) is 6.54 Å². The maximum atomic E-state index is 13.0.